The number of nitrogens with zero attached hydrogens (tertiary/aromatic N) is 2. The zero-order valence-corrected chi connectivity index (χ0v) is 11.8. The predicted octanol–water partition coefficient (Wildman–Crippen LogP) is 1.33. The van der Waals surface area contributed by atoms with Crippen LogP contribution in [0.1, 0.15) is 19.5 Å². The minimum absolute atomic E-state index is 0.264. The molecule has 2 aromatic rings. The summed E-state index contributed by atoms with van der Waals surface area (Å²) in [6.45, 7) is 3.24. The van der Waals surface area contributed by atoms with Crippen molar-refractivity contribution in [3.05, 3.63) is 30.2 Å². The van der Waals surface area contributed by atoms with Crippen LogP contribution in [0.4, 0.5) is 5.82 Å². The Morgan fingerprint density at radius 3 is 2.58 bits per heavy atom. The quantitative estimate of drug-likeness (QED) is 0.883. The van der Waals surface area contributed by atoms with Gasteiger partial charge in [0.25, 0.3) is 0 Å². The minimum Gasteiger partial charge on any atom is -0.382 e. The highest BCUT2D eigenvalue weighted by Gasteiger charge is 2.37. The number of pyridine rings is 1. The Hall–Kier alpha value is -1.89. The van der Waals surface area contributed by atoms with E-state index in [1.165, 1.54) is 6.26 Å². The largest absolute Gasteiger partial charge is 0.382 e. The van der Waals surface area contributed by atoms with Crippen molar-refractivity contribution in [3.63, 3.8) is 0 Å². The van der Waals surface area contributed by atoms with Gasteiger partial charge in [0.15, 0.2) is 15.7 Å². The molecule has 0 bridgehead atoms. The number of hydrogen-bond donors (Lipinski definition) is 2. The fourth-order valence-electron chi connectivity index (χ4n) is 1.78. The Morgan fingerprint density at radius 2 is 2.05 bits per heavy atom. The van der Waals surface area contributed by atoms with Gasteiger partial charge >= 0.3 is 0 Å². The second-order valence-corrected chi connectivity index (χ2v) is 7.45. The Morgan fingerprint density at radius 1 is 1.37 bits per heavy atom. The van der Waals surface area contributed by atoms with Gasteiger partial charge < -0.3 is 5.73 Å². The van der Waals surface area contributed by atoms with Gasteiger partial charge in [-0.15, -0.1) is 0 Å². The fourth-order valence-corrected chi connectivity index (χ4v) is 2.30. The maximum absolute atomic E-state index is 11.9. The lowest BCUT2D eigenvalue weighted by Crippen LogP contribution is -2.29. The molecule has 2 aromatic heterocycles. The SMILES string of the molecule is CC(C)(c1[nH]nc(N)c1-c1cccnc1)S(C)(=O)=O. The molecule has 0 radical (unpaired) electrons. The summed E-state index contributed by atoms with van der Waals surface area (Å²) >= 11 is 0. The highest BCUT2D eigenvalue weighted by atomic mass is 32.2. The summed E-state index contributed by atoms with van der Waals surface area (Å²) in [4.78, 5) is 4.02. The number of sulfone groups is 1. The number of rotatable bonds is 3. The number of anilines is 1. The van der Waals surface area contributed by atoms with E-state index < -0.39 is 14.6 Å². The molecule has 0 unspecified atom stereocenters. The van der Waals surface area contributed by atoms with Crippen LogP contribution in [0.5, 0.6) is 0 Å². The lowest BCUT2D eigenvalue weighted by molar-refractivity contribution is 0.556. The molecule has 0 atom stereocenters. The third kappa shape index (κ3) is 2.21. The Labute approximate surface area is 112 Å². The van der Waals surface area contributed by atoms with Crippen LogP contribution in [0.15, 0.2) is 24.5 Å². The number of nitrogen functional groups attached to an aromatic ring is 1. The molecule has 0 aliphatic rings. The van der Waals surface area contributed by atoms with Gasteiger partial charge in [0.05, 0.1) is 5.69 Å². The molecule has 102 valence electrons. The van der Waals surface area contributed by atoms with Gasteiger partial charge in [-0.05, 0) is 19.9 Å². The average Bonchev–Trinajstić information content (AvgIpc) is 2.71. The number of H-pyrrole nitrogens is 1. The third-order valence-corrected chi connectivity index (χ3v) is 5.33. The highest BCUT2D eigenvalue weighted by molar-refractivity contribution is 7.91. The zero-order valence-electron chi connectivity index (χ0n) is 11.0. The second kappa shape index (κ2) is 4.34. The summed E-state index contributed by atoms with van der Waals surface area (Å²) in [5, 5.41) is 6.67. The molecule has 2 rings (SSSR count). The van der Waals surface area contributed by atoms with Gasteiger partial charge in [-0.25, -0.2) is 8.42 Å². The summed E-state index contributed by atoms with van der Waals surface area (Å²) in [6, 6.07) is 3.58. The average molecular weight is 280 g/mol. The Kier molecular flexibility index (Phi) is 3.09. The molecular formula is C12H16N4O2S. The van der Waals surface area contributed by atoms with E-state index in [1.807, 2.05) is 6.07 Å². The molecule has 0 fully saturated rings. The topological polar surface area (TPSA) is 102 Å². The van der Waals surface area contributed by atoms with Crippen LogP contribution in [0, 0.1) is 0 Å². The first-order chi connectivity index (χ1) is 8.75. The first-order valence-electron chi connectivity index (χ1n) is 5.69. The normalized spacial score (nSPS) is 12.6. The van der Waals surface area contributed by atoms with E-state index in [-0.39, 0.29) is 5.82 Å². The third-order valence-electron chi connectivity index (χ3n) is 3.27. The maximum Gasteiger partial charge on any atom is 0.158 e. The van der Waals surface area contributed by atoms with Gasteiger partial charge in [-0.1, -0.05) is 6.07 Å². The van der Waals surface area contributed by atoms with E-state index in [1.54, 1.807) is 32.3 Å². The van der Waals surface area contributed by atoms with Crippen molar-refractivity contribution in [1.29, 1.82) is 0 Å². The summed E-state index contributed by atoms with van der Waals surface area (Å²) < 4.78 is 22.8. The van der Waals surface area contributed by atoms with E-state index in [2.05, 4.69) is 15.2 Å². The van der Waals surface area contributed by atoms with Gasteiger partial charge in [-0.2, -0.15) is 5.10 Å². The highest BCUT2D eigenvalue weighted by Crippen LogP contribution is 2.37. The monoisotopic (exact) mass is 280 g/mol. The molecule has 7 heteroatoms. The molecule has 19 heavy (non-hydrogen) atoms. The number of aromatic nitrogens is 3. The van der Waals surface area contributed by atoms with E-state index in [9.17, 15) is 8.42 Å². The molecule has 0 aliphatic heterocycles. The van der Waals surface area contributed by atoms with Crippen LogP contribution >= 0.6 is 0 Å². The van der Waals surface area contributed by atoms with E-state index >= 15 is 0 Å². The summed E-state index contributed by atoms with van der Waals surface area (Å²) in [5.74, 6) is 0.264. The van der Waals surface area contributed by atoms with Gasteiger partial charge in [0, 0.05) is 29.8 Å². The number of hydrogen-bond acceptors (Lipinski definition) is 5. The molecule has 0 aliphatic carbocycles. The molecule has 0 saturated heterocycles. The van der Waals surface area contributed by atoms with Crippen molar-refractivity contribution in [2.45, 2.75) is 18.6 Å². The molecule has 0 spiro atoms. The zero-order chi connectivity index (χ0) is 14.3. The summed E-state index contributed by atoms with van der Waals surface area (Å²) in [6.07, 6.45) is 4.46. The van der Waals surface area contributed by atoms with Crippen molar-refractivity contribution in [2.24, 2.45) is 0 Å². The van der Waals surface area contributed by atoms with Crippen molar-refractivity contribution >= 4 is 15.7 Å². The summed E-state index contributed by atoms with van der Waals surface area (Å²) in [7, 11) is -3.32. The minimum atomic E-state index is -3.32. The van der Waals surface area contributed by atoms with Crippen LogP contribution in [0.3, 0.4) is 0 Å². The van der Waals surface area contributed by atoms with Crippen LogP contribution in [-0.2, 0) is 14.6 Å². The number of nitrogens with two attached hydrogens (primary N) is 1. The first kappa shape index (κ1) is 13.5. The maximum atomic E-state index is 11.9. The fraction of sp³-hybridized carbons (Fsp3) is 0.333. The number of aromatic amines is 1. The molecule has 2 heterocycles. The molecule has 0 aromatic carbocycles. The van der Waals surface area contributed by atoms with Gasteiger partial charge in [-0.3, -0.25) is 10.1 Å². The lowest BCUT2D eigenvalue weighted by Gasteiger charge is -2.22. The van der Waals surface area contributed by atoms with E-state index in [0.29, 0.717) is 11.3 Å². The second-order valence-electron chi connectivity index (χ2n) is 4.88. The lowest BCUT2D eigenvalue weighted by atomic mass is 10.00. The smallest absolute Gasteiger partial charge is 0.158 e. The molecular weight excluding hydrogens is 264 g/mol. The number of nitrogens with one attached hydrogen (secondary N) is 1. The standard InChI is InChI=1S/C12H16N4O2S/c1-12(2,19(3,17)18)10-9(11(13)16-15-10)8-5-4-6-14-7-8/h4-7H,1-3H3,(H3,13,15,16). The molecule has 6 nitrogen and oxygen atoms in total. The molecule has 0 saturated carbocycles. The van der Waals surface area contributed by atoms with Gasteiger partial charge in [0.2, 0.25) is 0 Å². The van der Waals surface area contributed by atoms with Gasteiger partial charge in [0.1, 0.15) is 4.75 Å². The molecule has 3 N–H and O–H groups in total. The van der Waals surface area contributed by atoms with Crippen molar-refractivity contribution in [2.75, 3.05) is 12.0 Å². The van der Waals surface area contributed by atoms with Crippen molar-refractivity contribution < 1.29 is 8.42 Å². The van der Waals surface area contributed by atoms with E-state index in [4.69, 9.17) is 5.73 Å². The Bertz CT molecular complexity index is 690. The Balaban J connectivity index is 2.70. The van der Waals surface area contributed by atoms with Crippen molar-refractivity contribution in [1.82, 2.24) is 15.2 Å². The summed E-state index contributed by atoms with van der Waals surface area (Å²) in [5.41, 5.74) is 7.64. The molecule has 0 amide bonds. The van der Waals surface area contributed by atoms with Crippen LogP contribution < -0.4 is 5.73 Å². The van der Waals surface area contributed by atoms with Crippen LogP contribution in [0.25, 0.3) is 11.1 Å². The predicted molar refractivity (Wildman–Crippen MR) is 74.1 cm³/mol. The first-order valence-corrected chi connectivity index (χ1v) is 7.58. The van der Waals surface area contributed by atoms with Crippen molar-refractivity contribution in [3.8, 4) is 11.1 Å². The van der Waals surface area contributed by atoms with E-state index in [0.717, 1.165) is 5.56 Å². The van der Waals surface area contributed by atoms with Crippen LogP contribution in [-0.4, -0.2) is 29.9 Å². The van der Waals surface area contributed by atoms with Crippen LogP contribution in [0.2, 0.25) is 0 Å².